The molecular weight excluding hydrogens is 400 g/mol. The number of rotatable bonds is 6. The Bertz CT molecular complexity index is 1200. The van der Waals surface area contributed by atoms with E-state index in [-0.39, 0.29) is 6.04 Å². The van der Waals surface area contributed by atoms with Crippen molar-refractivity contribution in [3.05, 3.63) is 145 Å². The first-order valence-corrected chi connectivity index (χ1v) is 11.5. The van der Waals surface area contributed by atoms with Gasteiger partial charge < -0.3 is 9.80 Å². The number of benzene rings is 4. The molecule has 4 aromatic rings. The summed E-state index contributed by atoms with van der Waals surface area (Å²) in [7, 11) is 0. The predicted octanol–water partition coefficient (Wildman–Crippen LogP) is 8.18. The summed E-state index contributed by atoms with van der Waals surface area (Å²) in [5, 5.41) is 0. The second-order valence-corrected chi connectivity index (χ2v) is 8.34. The van der Waals surface area contributed by atoms with E-state index in [1.807, 2.05) is 0 Å². The first-order chi connectivity index (χ1) is 16.3. The van der Waals surface area contributed by atoms with Crippen LogP contribution in [0.2, 0.25) is 0 Å². The maximum absolute atomic E-state index is 2.42. The molecule has 0 spiro atoms. The van der Waals surface area contributed by atoms with Crippen molar-refractivity contribution in [2.45, 2.75) is 19.4 Å². The lowest BCUT2D eigenvalue weighted by atomic mass is 10.0. The van der Waals surface area contributed by atoms with Gasteiger partial charge >= 0.3 is 0 Å². The van der Waals surface area contributed by atoms with Crippen LogP contribution in [-0.4, -0.2) is 6.04 Å². The number of aryl methyl sites for hydroxylation is 1. The van der Waals surface area contributed by atoms with Crippen molar-refractivity contribution in [1.82, 2.24) is 0 Å². The maximum Gasteiger partial charge on any atom is 0.0561 e. The minimum Gasteiger partial charge on any atom is -0.334 e. The summed E-state index contributed by atoms with van der Waals surface area (Å²) < 4.78 is 0. The smallest absolute Gasteiger partial charge is 0.0561 e. The van der Waals surface area contributed by atoms with E-state index in [4.69, 9.17) is 0 Å². The van der Waals surface area contributed by atoms with Crippen LogP contribution >= 0.6 is 0 Å². The molecule has 1 atom stereocenters. The molecule has 0 fully saturated rings. The molecule has 5 rings (SSSR count). The topological polar surface area (TPSA) is 6.48 Å². The molecular formula is C31H28N2. The van der Waals surface area contributed by atoms with E-state index in [0.29, 0.717) is 0 Å². The van der Waals surface area contributed by atoms with Gasteiger partial charge in [0.1, 0.15) is 0 Å². The van der Waals surface area contributed by atoms with E-state index >= 15 is 0 Å². The van der Waals surface area contributed by atoms with E-state index in [2.05, 4.69) is 150 Å². The van der Waals surface area contributed by atoms with Crippen LogP contribution in [0, 0.1) is 6.92 Å². The Kier molecular flexibility index (Phi) is 6.08. The third kappa shape index (κ3) is 4.61. The van der Waals surface area contributed by atoms with Crippen LogP contribution in [0.5, 0.6) is 0 Å². The van der Waals surface area contributed by atoms with Gasteiger partial charge in [-0.1, -0.05) is 78.9 Å². The molecule has 4 aromatic carbocycles. The van der Waals surface area contributed by atoms with Crippen molar-refractivity contribution in [1.29, 1.82) is 0 Å². The lowest BCUT2D eigenvalue weighted by molar-refractivity contribution is 0.776. The van der Waals surface area contributed by atoms with Gasteiger partial charge in [-0.2, -0.15) is 0 Å². The average molecular weight is 429 g/mol. The second-order valence-electron chi connectivity index (χ2n) is 8.34. The number of hydrogen-bond donors (Lipinski definition) is 0. The van der Waals surface area contributed by atoms with Crippen molar-refractivity contribution in [2.24, 2.45) is 0 Å². The zero-order chi connectivity index (χ0) is 22.5. The monoisotopic (exact) mass is 428 g/mol. The van der Waals surface area contributed by atoms with Gasteiger partial charge in [-0.05, 0) is 73.5 Å². The van der Waals surface area contributed by atoms with Crippen LogP contribution in [0.3, 0.4) is 0 Å². The van der Waals surface area contributed by atoms with Gasteiger partial charge in [0.25, 0.3) is 0 Å². The number of anilines is 4. The van der Waals surface area contributed by atoms with Crippen LogP contribution in [0.4, 0.5) is 22.7 Å². The largest absolute Gasteiger partial charge is 0.334 e. The Labute approximate surface area is 196 Å². The standard InChI is InChI=1S/C31H28N2/c1-25-12-11-19-31(24-25)33(28-17-9-4-10-18-28)30-22-20-29(21-23-30)32(26-13-5-2-6-14-26)27-15-7-3-8-16-27/h2-20,22-24,29H,21H2,1H3. The summed E-state index contributed by atoms with van der Waals surface area (Å²) in [6, 6.07) is 40.8. The molecule has 1 aliphatic rings. The first-order valence-electron chi connectivity index (χ1n) is 11.5. The lowest BCUT2D eigenvalue weighted by Crippen LogP contribution is -2.31. The molecule has 1 unspecified atom stereocenters. The summed E-state index contributed by atoms with van der Waals surface area (Å²) in [6.45, 7) is 2.14. The van der Waals surface area contributed by atoms with Gasteiger partial charge in [0.15, 0.2) is 0 Å². The Hall–Kier alpha value is -4.04. The van der Waals surface area contributed by atoms with Crippen LogP contribution in [0.1, 0.15) is 12.0 Å². The molecule has 0 saturated heterocycles. The van der Waals surface area contributed by atoms with E-state index in [9.17, 15) is 0 Å². The highest BCUT2D eigenvalue weighted by atomic mass is 15.2. The van der Waals surface area contributed by atoms with Gasteiger partial charge in [0.2, 0.25) is 0 Å². The van der Waals surface area contributed by atoms with Crippen LogP contribution in [-0.2, 0) is 0 Å². The molecule has 0 aliphatic heterocycles. The Morgan fingerprint density at radius 1 is 0.606 bits per heavy atom. The number of allylic oxidation sites excluding steroid dienone is 1. The normalized spacial score (nSPS) is 15.1. The molecule has 0 aromatic heterocycles. The van der Waals surface area contributed by atoms with E-state index in [1.54, 1.807) is 0 Å². The Morgan fingerprint density at radius 2 is 1.15 bits per heavy atom. The van der Waals surface area contributed by atoms with Crippen molar-refractivity contribution < 1.29 is 0 Å². The van der Waals surface area contributed by atoms with Crippen molar-refractivity contribution >= 4 is 22.7 Å². The van der Waals surface area contributed by atoms with Crippen molar-refractivity contribution in [2.75, 3.05) is 9.80 Å². The highest BCUT2D eigenvalue weighted by Gasteiger charge is 2.22. The van der Waals surface area contributed by atoms with Crippen molar-refractivity contribution in [3.8, 4) is 0 Å². The fraction of sp³-hybridized carbons (Fsp3) is 0.0968. The summed E-state index contributed by atoms with van der Waals surface area (Å²) in [4.78, 5) is 4.76. The fourth-order valence-corrected chi connectivity index (χ4v) is 4.46. The summed E-state index contributed by atoms with van der Waals surface area (Å²) in [6.07, 6.45) is 7.88. The van der Waals surface area contributed by atoms with Crippen molar-refractivity contribution in [3.63, 3.8) is 0 Å². The zero-order valence-electron chi connectivity index (χ0n) is 18.9. The van der Waals surface area contributed by atoms with Crippen LogP contribution < -0.4 is 9.80 Å². The van der Waals surface area contributed by atoms with Gasteiger partial charge in [0, 0.05) is 28.4 Å². The molecule has 2 heteroatoms. The number of hydrogen-bond acceptors (Lipinski definition) is 2. The molecule has 1 aliphatic carbocycles. The number of para-hydroxylation sites is 3. The molecule has 0 bridgehead atoms. The number of nitrogens with zero attached hydrogens (tertiary/aromatic N) is 2. The molecule has 0 N–H and O–H groups in total. The predicted molar refractivity (Wildman–Crippen MR) is 140 cm³/mol. The Morgan fingerprint density at radius 3 is 1.67 bits per heavy atom. The van der Waals surface area contributed by atoms with E-state index in [0.717, 1.165) is 6.42 Å². The molecule has 33 heavy (non-hydrogen) atoms. The second kappa shape index (κ2) is 9.62. The van der Waals surface area contributed by atoms with Crippen LogP contribution in [0.15, 0.2) is 139 Å². The molecule has 0 heterocycles. The van der Waals surface area contributed by atoms with Gasteiger partial charge in [0.05, 0.1) is 6.04 Å². The molecule has 0 saturated carbocycles. The minimum atomic E-state index is 0.244. The summed E-state index contributed by atoms with van der Waals surface area (Å²) >= 11 is 0. The molecule has 0 amide bonds. The quantitative estimate of drug-likeness (QED) is 0.305. The third-order valence-corrected chi connectivity index (χ3v) is 5.99. The maximum atomic E-state index is 2.42. The highest BCUT2D eigenvalue weighted by molar-refractivity contribution is 5.72. The SMILES string of the molecule is Cc1cccc(N(C2=CCC(N(c3ccccc3)c3ccccc3)C=C2)c2ccccc2)c1. The van der Waals surface area contributed by atoms with Gasteiger partial charge in [-0.25, -0.2) is 0 Å². The Balaban J connectivity index is 1.49. The summed E-state index contributed by atoms with van der Waals surface area (Å²) in [5.74, 6) is 0. The summed E-state index contributed by atoms with van der Waals surface area (Å²) in [5.41, 5.74) is 7.21. The molecule has 2 nitrogen and oxygen atoms in total. The van der Waals surface area contributed by atoms with Gasteiger partial charge in [-0.3, -0.25) is 0 Å². The first kappa shape index (κ1) is 20.8. The molecule has 0 radical (unpaired) electrons. The zero-order valence-corrected chi connectivity index (χ0v) is 18.9. The minimum absolute atomic E-state index is 0.244. The highest BCUT2D eigenvalue weighted by Crippen LogP contribution is 2.35. The lowest BCUT2D eigenvalue weighted by Gasteiger charge is -2.35. The fourth-order valence-electron chi connectivity index (χ4n) is 4.46. The average Bonchev–Trinajstić information content (AvgIpc) is 2.87. The van der Waals surface area contributed by atoms with Gasteiger partial charge in [-0.15, -0.1) is 0 Å². The van der Waals surface area contributed by atoms with E-state index in [1.165, 1.54) is 34.0 Å². The van der Waals surface area contributed by atoms with Crippen LogP contribution in [0.25, 0.3) is 0 Å². The third-order valence-electron chi connectivity index (χ3n) is 5.99. The van der Waals surface area contributed by atoms with E-state index < -0.39 is 0 Å². The molecule has 162 valence electrons.